The Labute approximate surface area is 112 Å². The molecule has 5 nitrogen and oxygen atoms in total. The van der Waals surface area contributed by atoms with Crippen LogP contribution in [0.25, 0.3) is 11.0 Å². The van der Waals surface area contributed by atoms with E-state index in [1.54, 1.807) is 0 Å². The van der Waals surface area contributed by atoms with Crippen LogP contribution in [-0.2, 0) is 11.8 Å². The Kier molecular flexibility index (Phi) is 3.74. The molecule has 102 valence electrons. The quantitative estimate of drug-likeness (QED) is 0.896. The first-order chi connectivity index (χ1) is 8.99. The van der Waals surface area contributed by atoms with Gasteiger partial charge in [0.2, 0.25) is 0 Å². The molecule has 0 radical (unpaired) electrons. The van der Waals surface area contributed by atoms with Gasteiger partial charge in [0, 0.05) is 32.7 Å². The van der Waals surface area contributed by atoms with E-state index in [2.05, 4.69) is 20.5 Å². The van der Waals surface area contributed by atoms with Gasteiger partial charge >= 0.3 is 5.97 Å². The number of anilines is 1. The van der Waals surface area contributed by atoms with E-state index in [-0.39, 0.29) is 6.42 Å². The third kappa shape index (κ3) is 2.86. The summed E-state index contributed by atoms with van der Waals surface area (Å²) in [6.45, 7) is 2.71. The SMILES string of the molecule is Cc1nc2cc(N(C)CCCC(=O)O)ccc2n1C. The number of nitrogens with zero attached hydrogens (tertiary/aromatic N) is 3. The number of benzene rings is 1. The fourth-order valence-corrected chi connectivity index (χ4v) is 2.14. The number of aromatic nitrogens is 2. The molecular formula is C14H19N3O2. The predicted octanol–water partition coefficient (Wildman–Crippen LogP) is 2.18. The van der Waals surface area contributed by atoms with Gasteiger partial charge in [-0.3, -0.25) is 4.79 Å². The minimum Gasteiger partial charge on any atom is -0.481 e. The van der Waals surface area contributed by atoms with E-state index in [0.29, 0.717) is 6.42 Å². The third-order valence-corrected chi connectivity index (χ3v) is 3.41. The number of hydrogen-bond acceptors (Lipinski definition) is 3. The van der Waals surface area contributed by atoms with Gasteiger partial charge in [0.15, 0.2) is 0 Å². The lowest BCUT2D eigenvalue weighted by Crippen LogP contribution is -2.19. The number of rotatable bonds is 5. The van der Waals surface area contributed by atoms with E-state index in [0.717, 1.165) is 29.1 Å². The highest BCUT2D eigenvalue weighted by atomic mass is 16.4. The number of fused-ring (bicyclic) bond motifs is 1. The molecule has 0 amide bonds. The molecule has 0 saturated carbocycles. The Morgan fingerprint density at radius 1 is 1.47 bits per heavy atom. The number of carboxylic acids is 1. The molecule has 1 aromatic carbocycles. The highest BCUT2D eigenvalue weighted by molar-refractivity contribution is 5.80. The molecule has 1 N–H and O–H groups in total. The summed E-state index contributed by atoms with van der Waals surface area (Å²) in [5.74, 6) is 0.241. The standard InChI is InChI=1S/C14H19N3O2/c1-10-15-12-9-11(6-7-13(12)17(10)3)16(2)8-4-5-14(18)19/h6-7,9H,4-5,8H2,1-3H3,(H,18,19). The summed E-state index contributed by atoms with van der Waals surface area (Å²) in [7, 11) is 3.97. The van der Waals surface area contributed by atoms with Crippen LogP contribution in [0.15, 0.2) is 18.2 Å². The molecule has 0 unspecified atom stereocenters. The maximum atomic E-state index is 10.5. The van der Waals surface area contributed by atoms with Gasteiger partial charge in [-0.1, -0.05) is 0 Å². The van der Waals surface area contributed by atoms with Crippen molar-refractivity contribution in [2.45, 2.75) is 19.8 Å². The van der Waals surface area contributed by atoms with E-state index in [1.807, 2.05) is 33.2 Å². The lowest BCUT2D eigenvalue weighted by molar-refractivity contribution is -0.137. The Morgan fingerprint density at radius 3 is 2.89 bits per heavy atom. The van der Waals surface area contributed by atoms with Crippen LogP contribution in [0.2, 0.25) is 0 Å². The Balaban J connectivity index is 2.14. The van der Waals surface area contributed by atoms with Crippen molar-refractivity contribution in [3.8, 4) is 0 Å². The molecule has 19 heavy (non-hydrogen) atoms. The highest BCUT2D eigenvalue weighted by Crippen LogP contribution is 2.21. The van der Waals surface area contributed by atoms with Crippen LogP contribution in [0.1, 0.15) is 18.7 Å². The second-order valence-electron chi connectivity index (χ2n) is 4.81. The first kappa shape index (κ1) is 13.4. The van der Waals surface area contributed by atoms with E-state index in [1.165, 1.54) is 0 Å². The Bertz CT molecular complexity index is 604. The zero-order chi connectivity index (χ0) is 14.0. The maximum Gasteiger partial charge on any atom is 0.303 e. The van der Waals surface area contributed by atoms with Gasteiger partial charge < -0.3 is 14.6 Å². The topological polar surface area (TPSA) is 58.4 Å². The van der Waals surface area contributed by atoms with Gasteiger partial charge in [0.25, 0.3) is 0 Å². The van der Waals surface area contributed by atoms with Crippen molar-refractivity contribution >= 4 is 22.7 Å². The minimum atomic E-state index is -0.746. The van der Waals surface area contributed by atoms with Gasteiger partial charge in [-0.15, -0.1) is 0 Å². The van der Waals surface area contributed by atoms with Crippen molar-refractivity contribution < 1.29 is 9.90 Å². The Hall–Kier alpha value is -2.04. The summed E-state index contributed by atoms with van der Waals surface area (Å²) in [5, 5.41) is 8.64. The van der Waals surface area contributed by atoms with Gasteiger partial charge in [-0.2, -0.15) is 0 Å². The van der Waals surface area contributed by atoms with Crippen LogP contribution in [-0.4, -0.2) is 34.2 Å². The van der Waals surface area contributed by atoms with Gasteiger partial charge in [-0.05, 0) is 31.5 Å². The monoisotopic (exact) mass is 261 g/mol. The highest BCUT2D eigenvalue weighted by Gasteiger charge is 2.07. The first-order valence-electron chi connectivity index (χ1n) is 6.35. The summed E-state index contributed by atoms with van der Waals surface area (Å²) in [6, 6.07) is 6.14. The molecule has 2 aromatic rings. The lowest BCUT2D eigenvalue weighted by atomic mass is 10.2. The number of aliphatic carboxylic acids is 1. The van der Waals surface area contributed by atoms with Crippen LogP contribution < -0.4 is 4.90 Å². The lowest BCUT2D eigenvalue weighted by Gasteiger charge is -2.18. The molecule has 0 atom stereocenters. The van der Waals surface area contributed by atoms with Crippen molar-refractivity contribution in [2.24, 2.45) is 7.05 Å². The van der Waals surface area contributed by atoms with Crippen molar-refractivity contribution in [3.05, 3.63) is 24.0 Å². The summed E-state index contributed by atoms with van der Waals surface area (Å²) >= 11 is 0. The normalized spacial score (nSPS) is 10.9. The zero-order valence-electron chi connectivity index (χ0n) is 11.6. The number of carboxylic acid groups (broad SMARTS) is 1. The minimum absolute atomic E-state index is 0.204. The fourth-order valence-electron chi connectivity index (χ4n) is 2.14. The zero-order valence-corrected chi connectivity index (χ0v) is 11.6. The molecule has 5 heteroatoms. The van der Waals surface area contributed by atoms with Crippen LogP contribution in [0.3, 0.4) is 0 Å². The average molecular weight is 261 g/mol. The summed E-state index contributed by atoms with van der Waals surface area (Å²) in [5.41, 5.74) is 3.15. The van der Waals surface area contributed by atoms with E-state index >= 15 is 0 Å². The van der Waals surface area contributed by atoms with Gasteiger partial charge in [0.1, 0.15) is 5.82 Å². The number of carbonyl (C=O) groups is 1. The molecule has 0 saturated heterocycles. The summed E-state index contributed by atoms with van der Waals surface area (Å²) < 4.78 is 2.06. The van der Waals surface area contributed by atoms with Crippen molar-refractivity contribution in [3.63, 3.8) is 0 Å². The molecule has 0 spiro atoms. The van der Waals surface area contributed by atoms with E-state index in [4.69, 9.17) is 5.11 Å². The maximum absolute atomic E-state index is 10.5. The van der Waals surface area contributed by atoms with Crippen LogP contribution in [0, 0.1) is 6.92 Å². The Morgan fingerprint density at radius 2 is 2.21 bits per heavy atom. The van der Waals surface area contributed by atoms with Crippen LogP contribution in [0.5, 0.6) is 0 Å². The summed E-state index contributed by atoms with van der Waals surface area (Å²) in [6.07, 6.45) is 0.848. The van der Waals surface area contributed by atoms with E-state index < -0.39 is 5.97 Å². The predicted molar refractivity (Wildman–Crippen MR) is 75.6 cm³/mol. The fraction of sp³-hybridized carbons (Fsp3) is 0.429. The molecule has 0 aliphatic carbocycles. The van der Waals surface area contributed by atoms with Gasteiger partial charge in [0.05, 0.1) is 11.0 Å². The third-order valence-electron chi connectivity index (χ3n) is 3.41. The van der Waals surface area contributed by atoms with Crippen LogP contribution in [0.4, 0.5) is 5.69 Å². The van der Waals surface area contributed by atoms with Crippen molar-refractivity contribution in [1.82, 2.24) is 9.55 Å². The molecule has 1 heterocycles. The second kappa shape index (κ2) is 5.30. The number of aryl methyl sites for hydroxylation is 2. The number of hydrogen-bond donors (Lipinski definition) is 1. The average Bonchev–Trinajstić information content (AvgIpc) is 2.64. The molecule has 0 bridgehead atoms. The number of imidazole rings is 1. The molecule has 2 rings (SSSR count). The smallest absolute Gasteiger partial charge is 0.303 e. The second-order valence-corrected chi connectivity index (χ2v) is 4.81. The van der Waals surface area contributed by atoms with Crippen LogP contribution >= 0.6 is 0 Å². The molecule has 0 aliphatic rings. The van der Waals surface area contributed by atoms with Crippen molar-refractivity contribution in [2.75, 3.05) is 18.5 Å². The van der Waals surface area contributed by atoms with E-state index in [9.17, 15) is 4.79 Å². The summed E-state index contributed by atoms with van der Waals surface area (Å²) in [4.78, 5) is 17.1. The molecule has 1 aromatic heterocycles. The largest absolute Gasteiger partial charge is 0.481 e. The molecular weight excluding hydrogens is 242 g/mol. The molecule has 0 fully saturated rings. The van der Waals surface area contributed by atoms with Crippen molar-refractivity contribution in [1.29, 1.82) is 0 Å². The first-order valence-corrected chi connectivity index (χ1v) is 6.35. The van der Waals surface area contributed by atoms with Gasteiger partial charge in [-0.25, -0.2) is 4.98 Å². The molecule has 0 aliphatic heterocycles.